The fourth-order valence-electron chi connectivity index (χ4n) is 2.59. The Labute approximate surface area is 149 Å². The van der Waals surface area contributed by atoms with Crippen molar-refractivity contribution in [3.63, 3.8) is 0 Å². The molecular formula is C21H26N2O2. The SMILES string of the molecule is CCCCCCCC(=O)NNC(=O)c1ccc(-c2ccccc2)cc1. The highest BCUT2D eigenvalue weighted by atomic mass is 16.2. The van der Waals surface area contributed by atoms with E-state index in [9.17, 15) is 9.59 Å². The highest BCUT2D eigenvalue weighted by Gasteiger charge is 2.07. The molecule has 0 heterocycles. The summed E-state index contributed by atoms with van der Waals surface area (Å²) < 4.78 is 0. The van der Waals surface area contributed by atoms with Crippen molar-refractivity contribution in [2.45, 2.75) is 45.4 Å². The highest BCUT2D eigenvalue weighted by molar-refractivity contribution is 5.95. The van der Waals surface area contributed by atoms with E-state index in [4.69, 9.17) is 0 Å². The molecule has 132 valence electrons. The molecule has 0 aromatic heterocycles. The second-order valence-corrected chi connectivity index (χ2v) is 6.11. The summed E-state index contributed by atoms with van der Waals surface area (Å²) in [5.74, 6) is -0.454. The lowest BCUT2D eigenvalue weighted by molar-refractivity contribution is -0.122. The Kier molecular flexibility index (Phi) is 7.70. The van der Waals surface area contributed by atoms with E-state index in [0.29, 0.717) is 12.0 Å². The fraction of sp³-hybridized carbons (Fsp3) is 0.333. The number of rotatable bonds is 8. The first-order chi connectivity index (χ1) is 12.2. The lowest BCUT2D eigenvalue weighted by Crippen LogP contribution is -2.41. The third-order valence-corrected chi connectivity index (χ3v) is 4.08. The Bertz CT molecular complexity index is 666. The smallest absolute Gasteiger partial charge is 0.269 e. The first-order valence-corrected chi connectivity index (χ1v) is 8.95. The molecule has 2 aromatic carbocycles. The van der Waals surface area contributed by atoms with Gasteiger partial charge in [-0.2, -0.15) is 0 Å². The predicted octanol–water partition coefficient (Wildman–Crippen LogP) is 4.48. The van der Waals surface area contributed by atoms with E-state index < -0.39 is 0 Å². The molecule has 0 aliphatic rings. The van der Waals surface area contributed by atoms with E-state index in [0.717, 1.165) is 30.4 Å². The number of unbranched alkanes of at least 4 members (excludes halogenated alkanes) is 4. The second kappa shape index (κ2) is 10.3. The van der Waals surface area contributed by atoms with Crippen LogP contribution in [0, 0.1) is 0 Å². The third-order valence-electron chi connectivity index (χ3n) is 4.08. The number of carbonyl (C=O) groups excluding carboxylic acids is 2. The summed E-state index contributed by atoms with van der Waals surface area (Å²) in [6.45, 7) is 2.16. The minimum Gasteiger partial charge on any atom is -0.273 e. The van der Waals surface area contributed by atoms with E-state index in [1.807, 2.05) is 42.5 Å². The molecule has 0 atom stereocenters. The zero-order valence-electron chi connectivity index (χ0n) is 14.8. The molecule has 0 aliphatic carbocycles. The zero-order valence-corrected chi connectivity index (χ0v) is 14.8. The van der Waals surface area contributed by atoms with Gasteiger partial charge in [-0.3, -0.25) is 20.4 Å². The maximum Gasteiger partial charge on any atom is 0.269 e. The van der Waals surface area contributed by atoms with Crippen LogP contribution in [0.2, 0.25) is 0 Å². The fourth-order valence-corrected chi connectivity index (χ4v) is 2.59. The van der Waals surface area contributed by atoms with Crippen LogP contribution in [0.4, 0.5) is 0 Å². The quantitative estimate of drug-likeness (QED) is 0.551. The van der Waals surface area contributed by atoms with Crippen molar-refractivity contribution in [2.24, 2.45) is 0 Å². The molecule has 25 heavy (non-hydrogen) atoms. The van der Waals surface area contributed by atoms with Crippen LogP contribution in [0.25, 0.3) is 11.1 Å². The Morgan fingerprint density at radius 3 is 2.08 bits per heavy atom. The van der Waals surface area contributed by atoms with Gasteiger partial charge in [0.1, 0.15) is 0 Å². The van der Waals surface area contributed by atoms with Crippen LogP contribution < -0.4 is 10.9 Å². The van der Waals surface area contributed by atoms with Crippen LogP contribution in [0.1, 0.15) is 55.8 Å². The number of nitrogens with one attached hydrogen (secondary N) is 2. The molecule has 2 aromatic rings. The molecule has 2 N–H and O–H groups in total. The van der Waals surface area contributed by atoms with Crippen molar-refractivity contribution in [3.8, 4) is 11.1 Å². The van der Waals surface area contributed by atoms with Gasteiger partial charge in [-0.05, 0) is 29.7 Å². The topological polar surface area (TPSA) is 58.2 Å². The average molecular weight is 338 g/mol. The monoisotopic (exact) mass is 338 g/mol. The van der Waals surface area contributed by atoms with Crippen LogP contribution in [-0.2, 0) is 4.79 Å². The number of carbonyl (C=O) groups is 2. The molecule has 0 saturated heterocycles. The van der Waals surface area contributed by atoms with E-state index in [1.54, 1.807) is 12.1 Å². The third kappa shape index (κ3) is 6.42. The molecule has 2 amide bonds. The summed E-state index contributed by atoms with van der Waals surface area (Å²) in [5, 5.41) is 0. The van der Waals surface area contributed by atoms with Gasteiger partial charge in [-0.1, -0.05) is 75.1 Å². The Morgan fingerprint density at radius 2 is 1.40 bits per heavy atom. The van der Waals surface area contributed by atoms with Crippen molar-refractivity contribution < 1.29 is 9.59 Å². The Hall–Kier alpha value is -2.62. The van der Waals surface area contributed by atoms with Crippen LogP contribution in [-0.4, -0.2) is 11.8 Å². The molecule has 4 heteroatoms. The highest BCUT2D eigenvalue weighted by Crippen LogP contribution is 2.19. The summed E-state index contributed by atoms with van der Waals surface area (Å²) in [6, 6.07) is 17.3. The normalized spacial score (nSPS) is 10.3. The van der Waals surface area contributed by atoms with Gasteiger partial charge in [-0.25, -0.2) is 0 Å². The summed E-state index contributed by atoms with van der Waals surface area (Å²) in [6.07, 6.45) is 5.90. The molecule has 0 spiro atoms. The lowest BCUT2D eigenvalue weighted by Gasteiger charge is -2.08. The number of hydrazine groups is 1. The van der Waals surface area contributed by atoms with Gasteiger partial charge in [0.15, 0.2) is 0 Å². The minimum atomic E-state index is -0.307. The summed E-state index contributed by atoms with van der Waals surface area (Å²) >= 11 is 0. The number of hydrogen-bond acceptors (Lipinski definition) is 2. The van der Waals surface area contributed by atoms with Crippen molar-refractivity contribution in [2.75, 3.05) is 0 Å². The van der Waals surface area contributed by atoms with E-state index in [1.165, 1.54) is 12.8 Å². The minimum absolute atomic E-state index is 0.147. The standard InChI is InChI=1S/C21H26N2O2/c1-2-3-4-5-9-12-20(24)22-23-21(25)19-15-13-18(14-16-19)17-10-7-6-8-11-17/h6-8,10-11,13-16H,2-5,9,12H2,1H3,(H,22,24)(H,23,25). The largest absolute Gasteiger partial charge is 0.273 e. The molecule has 0 unspecified atom stereocenters. The zero-order chi connectivity index (χ0) is 17.9. The van der Waals surface area contributed by atoms with Crippen molar-refractivity contribution in [1.82, 2.24) is 10.9 Å². The van der Waals surface area contributed by atoms with Gasteiger partial charge in [0.05, 0.1) is 0 Å². The molecule has 4 nitrogen and oxygen atoms in total. The molecule has 0 bridgehead atoms. The molecule has 0 aliphatic heterocycles. The van der Waals surface area contributed by atoms with Crippen molar-refractivity contribution >= 4 is 11.8 Å². The average Bonchev–Trinajstić information content (AvgIpc) is 2.67. The number of hydrogen-bond donors (Lipinski definition) is 2. The summed E-state index contributed by atoms with van der Waals surface area (Å²) in [4.78, 5) is 23.8. The summed E-state index contributed by atoms with van der Waals surface area (Å²) in [7, 11) is 0. The number of benzene rings is 2. The lowest BCUT2D eigenvalue weighted by atomic mass is 10.0. The Morgan fingerprint density at radius 1 is 0.760 bits per heavy atom. The van der Waals surface area contributed by atoms with Gasteiger partial charge < -0.3 is 0 Å². The van der Waals surface area contributed by atoms with Crippen LogP contribution in [0.15, 0.2) is 54.6 Å². The van der Waals surface area contributed by atoms with Gasteiger partial charge >= 0.3 is 0 Å². The molecule has 0 fully saturated rings. The van der Waals surface area contributed by atoms with Gasteiger partial charge in [0.25, 0.3) is 5.91 Å². The molecule has 2 rings (SSSR count). The van der Waals surface area contributed by atoms with Crippen LogP contribution in [0.3, 0.4) is 0 Å². The van der Waals surface area contributed by atoms with E-state index in [-0.39, 0.29) is 11.8 Å². The van der Waals surface area contributed by atoms with E-state index in [2.05, 4.69) is 17.8 Å². The maximum atomic E-state index is 12.1. The van der Waals surface area contributed by atoms with Gasteiger partial charge in [0.2, 0.25) is 5.91 Å². The number of amides is 2. The van der Waals surface area contributed by atoms with Crippen molar-refractivity contribution in [1.29, 1.82) is 0 Å². The van der Waals surface area contributed by atoms with Crippen molar-refractivity contribution in [3.05, 3.63) is 60.2 Å². The predicted molar refractivity (Wildman–Crippen MR) is 101 cm³/mol. The Balaban J connectivity index is 1.76. The summed E-state index contributed by atoms with van der Waals surface area (Å²) in [5.41, 5.74) is 7.62. The van der Waals surface area contributed by atoms with Gasteiger partial charge in [-0.15, -0.1) is 0 Å². The van der Waals surface area contributed by atoms with E-state index >= 15 is 0 Å². The van der Waals surface area contributed by atoms with Gasteiger partial charge in [0, 0.05) is 12.0 Å². The second-order valence-electron chi connectivity index (χ2n) is 6.11. The molecular weight excluding hydrogens is 312 g/mol. The molecule has 0 saturated carbocycles. The maximum absolute atomic E-state index is 12.1. The first kappa shape index (κ1) is 18.7. The molecule has 0 radical (unpaired) electrons. The first-order valence-electron chi connectivity index (χ1n) is 8.95. The van der Waals surface area contributed by atoms with Crippen LogP contribution in [0.5, 0.6) is 0 Å². The van der Waals surface area contributed by atoms with Crippen LogP contribution >= 0.6 is 0 Å².